The summed E-state index contributed by atoms with van der Waals surface area (Å²) in [5.74, 6) is -3.70. The van der Waals surface area contributed by atoms with Crippen molar-refractivity contribution in [2.24, 2.45) is 5.92 Å². The predicted octanol–water partition coefficient (Wildman–Crippen LogP) is 8.33. The summed E-state index contributed by atoms with van der Waals surface area (Å²) in [5.41, 5.74) is 2.86. The van der Waals surface area contributed by atoms with Gasteiger partial charge in [-0.2, -0.15) is 0 Å². The van der Waals surface area contributed by atoms with E-state index < -0.39 is 85.9 Å². The first-order valence-electron chi connectivity index (χ1n) is 25.8. The number of hydrogen-bond donors (Lipinski definition) is 2. The lowest BCUT2D eigenvalue weighted by Crippen LogP contribution is -2.54. The lowest BCUT2D eigenvalue weighted by Gasteiger charge is -2.38. The number of aromatic amines is 1. The summed E-state index contributed by atoms with van der Waals surface area (Å²) in [7, 11) is 3.93. The van der Waals surface area contributed by atoms with Gasteiger partial charge in [-0.25, -0.2) is 22.9 Å². The number of esters is 1. The van der Waals surface area contributed by atoms with E-state index in [1.165, 1.54) is 46.6 Å². The fraction of sp³-hybridized carbons (Fsp3) is 0.556. The van der Waals surface area contributed by atoms with Gasteiger partial charge in [0.2, 0.25) is 11.8 Å². The lowest BCUT2D eigenvalue weighted by atomic mass is 9.95. The minimum Gasteiger partial charge on any atom is -0.469 e. The van der Waals surface area contributed by atoms with Crippen LogP contribution in [0.5, 0.6) is 0 Å². The van der Waals surface area contributed by atoms with Crippen molar-refractivity contribution < 1.29 is 56.1 Å². The first kappa shape index (κ1) is 54.3. The number of fused-ring (bicyclic) bond motifs is 1. The highest BCUT2D eigenvalue weighted by atomic mass is 28.3. The Morgan fingerprint density at radius 1 is 0.757 bits per heavy atom. The summed E-state index contributed by atoms with van der Waals surface area (Å²) in [6, 6.07) is 11.7. The predicted molar refractivity (Wildman–Crippen MR) is 275 cm³/mol. The van der Waals surface area contributed by atoms with Crippen molar-refractivity contribution in [3.05, 3.63) is 88.5 Å². The Hall–Kier alpha value is -5.99. The zero-order valence-electron chi connectivity index (χ0n) is 43.7. The van der Waals surface area contributed by atoms with Crippen LogP contribution in [-0.2, 0) is 44.5 Å². The first-order valence-corrected chi connectivity index (χ1v) is 29.2. The highest BCUT2D eigenvalue weighted by Crippen LogP contribution is 2.49. The second-order valence-corrected chi connectivity index (χ2v) is 26.4. The van der Waals surface area contributed by atoms with Crippen LogP contribution in [0.2, 0.25) is 25.2 Å². The number of ketones is 1. The van der Waals surface area contributed by atoms with Crippen molar-refractivity contribution in [1.82, 2.24) is 25.1 Å². The minimum absolute atomic E-state index is 0.0443. The van der Waals surface area contributed by atoms with E-state index in [2.05, 4.69) is 23.4 Å². The number of imidazole rings is 1. The van der Waals surface area contributed by atoms with Crippen LogP contribution in [0.1, 0.15) is 99.4 Å². The smallest absolute Gasteiger partial charge is 0.407 e. The molecule has 0 unspecified atom stereocenters. The van der Waals surface area contributed by atoms with Crippen LogP contribution in [-0.4, -0.2) is 136 Å². The number of hydrogen-bond acceptors (Lipinski definition) is 12. The second kappa shape index (κ2) is 22.9. The largest absolute Gasteiger partial charge is 0.469 e. The maximum atomic E-state index is 16.8. The minimum atomic E-state index is -1.46. The van der Waals surface area contributed by atoms with Crippen LogP contribution >= 0.6 is 0 Å². The summed E-state index contributed by atoms with van der Waals surface area (Å²) < 4.78 is 70.4. The molecule has 8 rings (SSSR count). The van der Waals surface area contributed by atoms with Gasteiger partial charge in [-0.3, -0.25) is 19.2 Å². The van der Waals surface area contributed by atoms with Crippen LogP contribution in [0, 0.1) is 23.4 Å². The van der Waals surface area contributed by atoms with E-state index in [0.717, 1.165) is 17.7 Å². The SMILES string of the molecule is COC(=O)C[C@H](C(=O)N1CCC[C@H]1C(=O)Cc1ccc([C@H]2CC[C@H](c3cc4[nH]c([C@@H]5CCCN5C(=O)[C@@H](NC(=O)OC)[C@@H](C)OC)nc4cc3F)N2c2cc(F)c(N3CC[Si](C)(C)CC3)c(F)c2)cc1)[C@@H](C)OC. The molecule has 20 heteroatoms. The van der Waals surface area contributed by atoms with Crippen LogP contribution in [0.3, 0.4) is 0 Å². The van der Waals surface area contributed by atoms with E-state index >= 15 is 13.2 Å². The number of nitrogens with zero attached hydrogens (tertiary/aromatic N) is 5. The Morgan fingerprint density at radius 3 is 2.05 bits per heavy atom. The molecule has 74 heavy (non-hydrogen) atoms. The number of carbonyl (C=O) groups is 5. The number of anilines is 2. The molecule has 400 valence electrons. The number of benzene rings is 3. The van der Waals surface area contributed by atoms with Crippen molar-refractivity contribution in [2.75, 3.05) is 64.4 Å². The summed E-state index contributed by atoms with van der Waals surface area (Å²) in [5, 5.41) is 2.59. The highest BCUT2D eigenvalue weighted by Gasteiger charge is 2.43. The van der Waals surface area contributed by atoms with E-state index in [9.17, 15) is 24.0 Å². The Bertz CT molecular complexity index is 2690. The van der Waals surface area contributed by atoms with Gasteiger partial charge in [0.1, 0.15) is 23.4 Å². The number of rotatable bonds is 17. The molecule has 4 aliphatic rings. The number of likely N-dealkylation sites (tertiary alicyclic amines) is 2. The average molecular weight is 1050 g/mol. The van der Waals surface area contributed by atoms with Crippen LogP contribution in [0.15, 0.2) is 48.5 Å². The topological polar surface area (TPSA) is 176 Å². The number of H-pyrrole nitrogens is 1. The number of halogens is 3. The molecule has 0 aliphatic carbocycles. The molecule has 0 spiro atoms. The standard InChI is InChI=1S/C54H70F3N7O9Si/c1-31(70-3)36(29-48(66)72-5)52(67)62-19-9-11-45(62)47(65)25-33-13-15-34(16-14-33)43-17-18-44(64(43)35-26-39(56)50(40(57)27-35)61-21-23-74(7,8)24-22-61)37-28-41-42(30-38(37)55)59-51(58-41)46-12-10-20-63(46)53(68)49(32(2)71-4)60-54(69)73-6/h13-16,26-28,30-32,36,43-46,49H,9-12,17-25,29H2,1-8H3,(H,58,59)(H,60,69)/t31-,32-,36+,43-,44-,45+,46+,49+/m1/s1. The van der Waals surface area contributed by atoms with Gasteiger partial charge in [0.25, 0.3) is 0 Å². The molecular formula is C54H70F3N7O9Si. The van der Waals surface area contributed by atoms with Gasteiger partial charge in [0.15, 0.2) is 17.4 Å². The lowest BCUT2D eigenvalue weighted by molar-refractivity contribution is -0.151. The van der Waals surface area contributed by atoms with Gasteiger partial charge < -0.3 is 48.8 Å². The number of nitrogens with one attached hydrogen (secondary N) is 2. The third-order valence-corrected chi connectivity index (χ3v) is 19.2. The van der Waals surface area contributed by atoms with E-state index in [-0.39, 0.29) is 41.8 Å². The molecule has 0 saturated carbocycles. The van der Waals surface area contributed by atoms with E-state index in [4.69, 9.17) is 23.9 Å². The highest BCUT2D eigenvalue weighted by molar-refractivity contribution is 6.77. The fourth-order valence-electron chi connectivity index (χ4n) is 11.5. The van der Waals surface area contributed by atoms with Gasteiger partial charge in [0, 0.05) is 64.1 Å². The summed E-state index contributed by atoms with van der Waals surface area (Å²) in [6.07, 6.45) is 1.10. The molecule has 3 aromatic carbocycles. The normalized spacial score (nSPS) is 22.4. The average Bonchev–Trinajstić information content (AvgIpc) is 4.23. The molecule has 0 radical (unpaired) electrons. The third-order valence-electron chi connectivity index (χ3n) is 16.0. The van der Waals surface area contributed by atoms with Crippen LogP contribution < -0.4 is 15.1 Å². The van der Waals surface area contributed by atoms with Gasteiger partial charge in [-0.05, 0) is 93.8 Å². The molecule has 1 aromatic heterocycles. The summed E-state index contributed by atoms with van der Waals surface area (Å²) in [6.45, 7) is 9.86. The quantitative estimate of drug-likeness (QED) is 0.0765. The number of aromatic nitrogens is 2. The van der Waals surface area contributed by atoms with Crippen molar-refractivity contribution >= 4 is 60.1 Å². The fourth-order valence-corrected chi connectivity index (χ4v) is 13.5. The Morgan fingerprint density at radius 2 is 1.41 bits per heavy atom. The maximum Gasteiger partial charge on any atom is 0.407 e. The number of carbonyl (C=O) groups excluding carboxylic acids is 5. The Kier molecular flexibility index (Phi) is 16.8. The van der Waals surface area contributed by atoms with Gasteiger partial charge >= 0.3 is 12.1 Å². The molecule has 2 N–H and O–H groups in total. The van der Waals surface area contributed by atoms with Gasteiger partial charge in [-0.15, -0.1) is 0 Å². The summed E-state index contributed by atoms with van der Waals surface area (Å²) in [4.78, 5) is 81.3. The zero-order valence-corrected chi connectivity index (χ0v) is 44.7. The van der Waals surface area contributed by atoms with E-state index in [1.54, 1.807) is 34.6 Å². The van der Waals surface area contributed by atoms with Crippen molar-refractivity contribution in [3.63, 3.8) is 0 Å². The second-order valence-electron chi connectivity index (χ2n) is 21.1. The van der Waals surface area contributed by atoms with E-state index in [0.29, 0.717) is 92.7 Å². The number of amides is 3. The zero-order chi connectivity index (χ0) is 53.2. The summed E-state index contributed by atoms with van der Waals surface area (Å²) >= 11 is 0. The van der Waals surface area contributed by atoms with Crippen molar-refractivity contribution in [2.45, 2.75) is 133 Å². The molecule has 4 saturated heterocycles. The number of methoxy groups -OCH3 is 4. The van der Waals surface area contributed by atoms with Crippen molar-refractivity contribution in [1.29, 1.82) is 0 Å². The molecule has 16 nitrogen and oxygen atoms in total. The molecule has 0 bridgehead atoms. The van der Waals surface area contributed by atoms with E-state index in [1.807, 2.05) is 29.2 Å². The molecule has 4 aromatic rings. The molecule has 4 fully saturated rings. The Labute approximate surface area is 431 Å². The molecular weight excluding hydrogens is 976 g/mol. The first-order chi connectivity index (χ1) is 35.4. The molecule has 5 heterocycles. The molecule has 4 aliphatic heterocycles. The van der Waals surface area contributed by atoms with Crippen LogP contribution in [0.4, 0.5) is 29.3 Å². The molecule has 8 atom stereocenters. The van der Waals surface area contributed by atoms with Crippen LogP contribution in [0.25, 0.3) is 11.0 Å². The van der Waals surface area contributed by atoms with Gasteiger partial charge in [0.05, 0.1) is 82.0 Å². The third kappa shape index (κ3) is 11.3. The Balaban J connectivity index is 1.08. The van der Waals surface area contributed by atoms with Gasteiger partial charge in [-0.1, -0.05) is 37.4 Å². The number of alkyl carbamates (subject to hydrolysis) is 1. The van der Waals surface area contributed by atoms with Crippen molar-refractivity contribution in [3.8, 4) is 0 Å². The monoisotopic (exact) mass is 1050 g/mol. The molecule has 3 amide bonds. The number of ether oxygens (including phenoxy) is 4. The number of Topliss-reactive ketones (excluding diaryl/α,β-unsaturated/α-hetero) is 1. The maximum absolute atomic E-state index is 16.8.